The molecule has 8 N–H and O–H groups in total. The predicted octanol–water partition coefficient (Wildman–Crippen LogP) is 0.245. The number of phenolic OH excluding ortho intramolecular Hbond substituents is 1. The first-order valence-corrected chi connectivity index (χ1v) is 11.4. The summed E-state index contributed by atoms with van der Waals surface area (Å²) in [5.74, 6) is -2.74. The van der Waals surface area contributed by atoms with Crippen LogP contribution < -0.4 is 16.8 Å². The third-order valence-corrected chi connectivity index (χ3v) is 6.51. The Morgan fingerprint density at radius 3 is 2.43 bits per heavy atom. The Hall–Kier alpha value is -3.18. The maximum Gasteiger partial charge on any atom is 0.326 e. The van der Waals surface area contributed by atoms with Crippen LogP contribution in [-0.2, 0) is 27.2 Å². The van der Waals surface area contributed by atoms with Crippen molar-refractivity contribution in [2.45, 2.75) is 43.5 Å². The van der Waals surface area contributed by atoms with E-state index in [1.54, 1.807) is 30.3 Å². The van der Waals surface area contributed by atoms with Gasteiger partial charge < -0.3 is 37.0 Å². The quantitative estimate of drug-likeness (QED) is 0.342. The molecular formula is C24H29ClN4O6. The molecule has 1 unspecified atom stereocenters. The number of aliphatic hydroxyl groups excluding tert-OH is 1. The summed E-state index contributed by atoms with van der Waals surface area (Å²) in [6.07, 6.45) is -1.48. The number of benzene rings is 2. The first-order chi connectivity index (χ1) is 16.5. The number of nitrogens with zero attached hydrogens (tertiary/aromatic N) is 1. The van der Waals surface area contributed by atoms with Crippen LogP contribution in [0, 0.1) is 0 Å². The van der Waals surface area contributed by atoms with Crippen LogP contribution in [0.5, 0.6) is 5.75 Å². The number of aliphatic hydroxyl groups is 1. The number of phenols is 1. The van der Waals surface area contributed by atoms with E-state index in [0.717, 1.165) is 4.90 Å². The summed E-state index contributed by atoms with van der Waals surface area (Å²) in [5, 5.41) is 33.2. The lowest BCUT2D eigenvalue weighted by atomic mass is 9.96. The standard InChI is InChI=1S/C24H29ClN4O6/c1-29-20(24(34)35)9-14-6-12(2-4-17(14)25)13-3-5-21(31)15(7-13)8-18(27)22(32)28-19(23(29)33)10-16(30)11-26/h2-7,16,18-20,30-31H,8-11,26-27H2,1H3,(H,28,32)(H,34,35)/t16-,18+,19+,20?/m1/s1. The molecule has 1 heterocycles. The first-order valence-electron chi connectivity index (χ1n) is 11.1. The zero-order valence-electron chi connectivity index (χ0n) is 19.1. The van der Waals surface area contributed by atoms with Crippen LogP contribution in [0.1, 0.15) is 17.5 Å². The number of hydrogen-bond acceptors (Lipinski definition) is 7. The molecule has 0 aliphatic carbocycles. The van der Waals surface area contributed by atoms with E-state index in [1.165, 1.54) is 13.1 Å². The van der Waals surface area contributed by atoms with Crippen molar-refractivity contribution in [1.82, 2.24) is 10.2 Å². The summed E-state index contributed by atoms with van der Waals surface area (Å²) in [6, 6.07) is 6.26. The van der Waals surface area contributed by atoms with Gasteiger partial charge in [0.25, 0.3) is 0 Å². The number of amides is 2. The zero-order chi connectivity index (χ0) is 25.9. The van der Waals surface area contributed by atoms with Crippen molar-refractivity contribution in [1.29, 1.82) is 0 Å². The van der Waals surface area contributed by atoms with Gasteiger partial charge in [0.1, 0.15) is 17.8 Å². The molecule has 0 spiro atoms. The highest BCUT2D eigenvalue weighted by Crippen LogP contribution is 2.30. The second-order valence-corrected chi connectivity index (χ2v) is 9.06. The van der Waals surface area contributed by atoms with Gasteiger partial charge >= 0.3 is 5.97 Å². The Morgan fingerprint density at radius 1 is 1.17 bits per heavy atom. The smallest absolute Gasteiger partial charge is 0.326 e. The van der Waals surface area contributed by atoms with Crippen LogP contribution in [-0.4, -0.2) is 75.8 Å². The highest BCUT2D eigenvalue weighted by atomic mass is 35.5. The molecule has 188 valence electrons. The van der Waals surface area contributed by atoms with Gasteiger partial charge in [0.15, 0.2) is 0 Å². The maximum absolute atomic E-state index is 13.3. The molecule has 0 aromatic heterocycles. The van der Waals surface area contributed by atoms with Crippen LogP contribution in [0.3, 0.4) is 0 Å². The summed E-state index contributed by atoms with van der Waals surface area (Å²) in [6.45, 7) is -0.166. The van der Waals surface area contributed by atoms with Crippen molar-refractivity contribution in [2.24, 2.45) is 11.5 Å². The van der Waals surface area contributed by atoms with E-state index in [2.05, 4.69) is 5.32 Å². The minimum atomic E-state index is -1.31. The van der Waals surface area contributed by atoms with Gasteiger partial charge in [0.05, 0.1) is 12.1 Å². The molecule has 2 aromatic rings. The average molecular weight is 505 g/mol. The fraction of sp³-hybridized carbons (Fsp3) is 0.375. The van der Waals surface area contributed by atoms with Gasteiger partial charge in [0.2, 0.25) is 11.8 Å². The van der Waals surface area contributed by atoms with Crippen molar-refractivity contribution < 1.29 is 29.7 Å². The average Bonchev–Trinajstić information content (AvgIpc) is 2.82. The van der Waals surface area contributed by atoms with E-state index in [0.29, 0.717) is 27.3 Å². The van der Waals surface area contributed by atoms with Crippen LogP contribution >= 0.6 is 11.6 Å². The summed E-state index contributed by atoms with van der Waals surface area (Å²) in [7, 11) is 1.31. The molecule has 0 radical (unpaired) electrons. The van der Waals surface area contributed by atoms with Gasteiger partial charge in [-0.2, -0.15) is 0 Å². The Balaban J connectivity index is 2.14. The number of rotatable bonds is 4. The number of carbonyl (C=O) groups excluding carboxylic acids is 2. The van der Waals surface area contributed by atoms with Crippen LogP contribution in [0.2, 0.25) is 5.02 Å². The molecular weight excluding hydrogens is 476 g/mol. The lowest BCUT2D eigenvalue weighted by molar-refractivity contribution is -0.150. The van der Waals surface area contributed by atoms with E-state index >= 15 is 0 Å². The summed E-state index contributed by atoms with van der Waals surface area (Å²) >= 11 is 6.37. The monoisotopic (exact) mass is 504 g/mol. The SMILES string of the molecule is CN1C(=O)[C@H](C[C@@H](O)CN)NC(=O)[C@@H](N)Cc2cc(ccc2O)-c2ccc(Cl)c(c2)CC1C(=O)O. The number of fused-ring (bicyclic) bond motifs is 5. The fourth-order valence-electron chi connectivity index (χ4n) is 4.04. The molecule has 0 fully saturated rings. The van der Waals surface area contributed by atoms with Crippen molar-refractivity contribution in [3.05, 3.63) is 52.5 Å². The van der Waals surface area contributed by atoms with E-state index in [1.807, 2.05) is 0 Å². The molecule has 1 aliphatic heterocycles. The van der Waals surface area contributed by atoms with Gasteiger partial charge in [-0.15, -0.1) is 0 Å². The number of nitrogens with two attached hydrogens (primary N) is 2. The topological polar surface area (TPSA) is 179 Å². The van der Waals surface area contributed by atoms with Gasteiger partial charge in [-0.3, -0.25) is 9.59 Å². The van der Waals surface area contributed by atoms with Crippen molar-refractivity contribution in [3.63, 3.8) is 0 Å². The Kier molecular flexibility index (Phi) is 8.34. The Labute approximate surface area is 207 Å². The molecule has 0 saturated carbocycles. The molecule has 2 aromatic carbocycles. The molecule has 1 aliphatic rings. The normalized spacial score (nSPS) is 22.1. The fourth-order valence-corrected chi connectivity index (χ4v) is 4.23. The minimum Gasteiger partial charge on any atom is -0.508 e. The van der Waals surface area contributed by atoms with Crippen LogP contribution in [0.15, 0.2) is 36.4 Å². The minimum absolute atomic E-state index is 0.0279. The van der Waals surface area contributed by atoms with Gasteiger partial charge in [-0.05, 0) is 46.5 Å². The molecule has 11 heteroatoms. The van der Waals surface area contributed by atoms with Crippen LogP contribution in [0.25, 0.3) is 11.1 Å². The number of carboxylic acid groups (broad SMARTS) is 1. The molecule has 0 saturated heterocycles. The second kappa shape index (κ2) is 11.0. The summed E-state index contributed by atoms with van der Waals surface area (Å²) in [5.41, 5.74) is 13.9. The number of aliphatic carboxylic acids is 1. The second-order valence-electron chi connectivity index (χ2n) is 8.65. The summed E-state index contributed by atoms with van der Waals surface area (Å²) < 4.78 is 0. The van der Waals surface area contributed by atoms with Crippen molar-refractivity contribution in [2.75, 3.05) is 13.6 Å². The van der Waals surface area contributed by atoms with E-state index < -0.39 is 42.0 Å². The molecule has 2 amide bonds. The predicted molar refractivity (Wildman–Crippen MR) is 130 cm³/mol. The van der Waals surface area contributed by atoms with Crippen molar-refractivity contribution >= 4 is 29.4 Å². The van der Waals surface area contributed by atoms with Gasteiger partial charge in [-0.1, -0.05) is 23.7 Å². The number of nitrogens with one attached hydrogen (secondary N) is 1. The number of likely N-dealkylation sites (N-methyl/N-ethyl adjacent to an activating group) is 1. The number of aromatic hydroxyl groups is 1. The number of hydrogen-bond donors (Lipinski definition) is 6. The number of halogens is 1. The van der Waals surface area contributed by atoms with E-state index in [9.17, 15) is 29.7 Å². The molecule has 35 heavy (non-hydrogen) atoms. The molecule has 10 nitrogen and oxygen atoms in total. The van der Waals surface area contributed by atoms with Crippen LogP contribution in [0.4, 0.5) is 0 Å². The largest absolute Gasteiger partial charge is 0.508 e. The first kappa shape index (κ1) is 26.4. The van der Waals surface area contributed by atoms with E-state index in [-0.39, 0.29) is 31.6 Å². The third kappa shape index (κ3) is 6.09. The number of carbonyl (C=O) groups is 3. The van der Waals surface area contributed by atoms with Gasteiger partial charge in [-0.25, -0.2) is 4.79 Å². The van der Waals surface area contributed by atoms with Gasteiger partial charge in [0, 0.05) is 37.9 Å². The lowest BCUT2D eigenvalue weighted by Gasteiger charge is -2.30. The third-order valence-electron chi connectivity index (χ3n) is 6.14. The highest BCUT2D eigenvalue weighted by molar-refractivity contribution is 6.31. The molecule has 4 atom stereocenters. The zero-order valence-corrected chi connectivity index (χ0v) is 19.9. The number of carboxylic acids is 1. The molecule has 3 rings (SSSR count). The van der Waals surface area contributed by atoms with E-state index in [4.69, 9.17) is 23.1 Å². The lowest BCUT2D eigenvalue weighted by Crippen LogP contribution is -2.56. The van der Waals surface area contributed by atoms with Crippen molar-refractivity contribution in [3.8, 4) is 16.9 Å². The Morgan fingerprint density at radius 2 is 1.80 bits per heavy atom. The highest BCUT2D eigenvalue weighted by Gasteiger charge is 2.34. The maximum atomic E-state index is 13.3. The Bertz CT molecular complexity index is 1130. The summed E-state index contributed by atoms with van der Waals surface area (Å²) in [4.78, 5) is 39.3. The molecule has 4 bridgehead atoms.